The molecule has 0 bridgehead atoms. The molecule has 1 heterocycles. The van der Waals surface area contributed by atoms with Crippen molar-refractivity contribution >= 4 is 17.5 Å². The third-order valence-corrected chi connectivity index (χ3v) is 5.50. The average molecular weight is 409 g/mol. The summed E-state index contributed by atoms with van der Waals surface area (Å²) < 4.78 is 5.75. The molecule has 30 heavy (non-hydrogen) atoms. The smallest absolute Gasteiger partial charge is 0.266 e. The van der Waals surface area contributed by atoms with Crippen LogP contribution in [0, 0.1) is 0 Å². The van der Waals surface area contributed by atoms with Crippen molar-refractivity contribution in [1.82, 2.24) is 5.32 Å². The van der Waals surface area contributed by atoms with Gasteiger partial charge in [-0.2, -0.15) is 0 Å². The van der Waals surface area contributed by atoms with E-state index < -0.39 is 0 Å². The molecule has 1 N–H and O–H groups in total. The Hall–Kier alpha value is -2.50. The van der Waals surface area contributed by atoms with Crippen LogP contribution in [0.15, 0.2) is 36.4 Å². The summed E-state index contributed by atoms with van der Waals surface area (Å²) in [7, 11) is 0. The molecule has 1 aliphatic heterocycles. The van der Waals surface area contributed by atoms with Crippen LogP contribution in [0.5, 0.6) is 0 Å². The van der Waals surface area contributed by atoms with E-state index in [2.05, 4.69) is 33.0 Å². The number of rotatable bonds is 9. The molecule has 0 aliphatic carbocycles. The Morgan fingerprint density at radius 3 is 2.17 bits per heavy atom. The lowest BCUT2D eigenvalue weighted by Crippen LogP contribution is -2.32. The van der Waals surface area contributed by atoms with Gasteiger partial charge in [0, 0.05) is 6.54 Å². The molecule has 1 aliphatic rings. The van der Waals surface area contributed by atoms with Crippen molar-refractivity contribution in [2.24, 2.45) is 0 Å². The molecular formula is C25H32N2O3. The fraction of sp³-hybridized carbons (Fsp3) is 0.440. The second kappa shape index (κ2) is 9.54. The summed E-state index contributed by atoms with van der Waals surface area (Å²) in [5.41, 5.74) is 4.46. The number of para-hydroxylation sites is 1. The molecule has 2 aromatic carbocycles. The number of imide groups is 1. The third-order valence-electron chi connectivity index (χ3n) is 5.50. The molecule has 0 spiro atoms. The summed E-state index contributed by atoms with van der Waals surface area (Å²) in [6.07, 6.45) is 0. The molecule has 0 atom stereocenters. The largest absolute Gasteiger partial charge is 0.375 e. The zero-order valence-electron chi connectivity index (χ0n) is 18.6. The van der Waals surface area contributed by atoms with Crippen molar-refractivity contribution in [3.63, 3.8) is 0 Å². The topological polar surface area (TPSA) is 58.6 Å². The highest BCUT2D eigenvalue weighted by molar-refractivity contribution is 6.35. The van der Waals surface area contributed by atoms with Gasteiger partial charge in [0.1, 0.15) is 0 Å². The lowest BCUT2D eigenvalue weighted by atomic mass is 9.92. The van der Waals surface area contributed by atoms with Gasteiger partial charge in [-0.05, 0) is 41.1 Å². The molecule has 160 valence electrons. The summed E-state index contributed by atoms with van der Waals surface area (Å²) in [6.45, 7) is 12.9. The van der Waals surface area contributed by atoms with Crippen LogP contribution >= 0.6 is 0 Å². The number of ether oxygens (including phenoxy) is 1. The minimum Gasteiger partial charge on any atom is -0.375 e. The maximum atomic E-state index is 13.6. The lowest BCUT2D eigenvalue weighted by Gasteiger charge is -2.25. The van der Waals surface area contributed by atoms with E-state index in [1.165, 1.54) is 4.90 Å². The number of hydrogen-bond acceptors (Lipinski definition) is 4. The monoisotopic (exact) mass is 408 g/mol. The second-order valence-corrected chi connectivity index (χ2v) is 8.29. The van der Waals surface area contributed by atoms with Gasteiger partial charge in [0.15, 0.2) is 0 Å². The first-order chi connectivity index (χ1) is 14.4. The molecule has 0 saturated carbocycles. The number of carbonyl (C=O) groups excluding carboxylic acids is 2. The van der Waals surface area contributed by atoms with E-state index in [9.17, 15) is 9.59 Å². The maximum Gasteiger partial charge on any atom is 0.266 e. The number of nitrogens with zero attached hydrogens (tertiary/aromatic N) is 1. The highest BCUT2D eigenvalue weighted by atomic mass is 16.5. The Labute approximate surface area is 179 Å². The van der Waals surface area contributed by atoms with Crippen molar-refractivity contribution in [3.8, 4) is 0 Å². The highest BCUT2D eigenvalue weighted by Gasteiger charge is 2.40. The first kappa shape index (κ1) is 22.2. The average Bonchev–Trinajstić information content (AvgIpc) is 2.98. The fourth-order valence-corrected chi connectivity index (χ4v) is 3.95. The number of nitrogens with one attached hydrogen (secondary N) is 1. The predicted molar refractivity (Wildman–Crippen MR) is 120 cm³/mol. The zero-order chi connectivity index (χ0) is 21.8. The summed E-state index contributed by atoms with van der Waals surface area (Å²) in [6, 6.07) is 11.5. The van der Waals surface area contributed by atoms with Crippen molar-refractivity contribution in [2.45, 2.75) is 53.1 Å². The molecule has 0 aromatic heterocycles. The van der Waals surface area contributed by atoms with Crippen LogP contribution in [0.2, 0.25) is 0 Å². The van der Waals surface area contributed by atoms with Crippen molar-refractivity contribution in [1.29, 1.82) is 0 Å². The van der Waals surface area contributed by atoms with Gasteiger partial charge in [-0.3, -0.25) is 9.59 Å². The van der Waals surface area contributed by atoms with Crippen LogP contribution in [0.25, 0.3) is 0 Å². The van der Waals surface area contributed by atoms with E-state index in [1.54, 1.807) is 6.07 Å². The van der Waals surface area contributed by atoms with E-state index >= 15 is 0 Å². The van der Waals surface area contributed by atoms with E-state index in [0.29, 0.717) is 24.3 Å². The Bertz CT molecular complexity index is 908. The number of benzene rings is 2. The molecule has 3 rings (SSSR count). The summed E-state index contributed by atoms with van der Waals surface area (Å²) in [5, 5.41) is 3.21. The molecule has 0 saturated heterocycles. The number of carbonyl (C=O) groups is 2. The Morgan fingerprint density at radius 1 is 0.933 bits per heavy atom. The summed E-state index contributed by atoms with van der Waals surface area (Å²) in [5.74, 6) is -0.121. The fourth-order valence-electron chi connectivity index (χ4n) is 3.95. The quantitative estimate of drug-likeness (QED) is 0.475. The van der Waals surface area contributed by atoms with E-state index in [0.717, 1.165) is 35.5 Å². The van der Waals surface area contributed by atoms with Gasteiger partial charge in [-0.15, -0.1) is 0 Å². The van der Waals surface area contributed by atoms with Crippen LogP contribution in [-0.4, -0.2) is 31.5 Å². The van der Waals surface area contributed by atoms with Gasteiger partial charge < -0.3 is 10.1 Å². The van der Waals surface area contributed by atoms with Gasteiger partial charge in [0.05, 0.1) is 30.0 Å². The number of hydrogen-bond donors (Lipinski definition) is 1. The lowest BCUT2D eigenvalue weighted by molar-refractivity contribution is 0.0921. The minimum absolute atomic E-state index is 0.192. The molecule has 0 radical (unpaired) electrons. The van der Waals surface area contributed by atoms with Gasteiger partial charge >= 0.3 is 0 Å². The van der Waals surface area contributed by atoms with E-state index in [1.807, 2.05) is 37.3 Å². The maximum absolute atomic E-state index is 13.6. The van der Waals surface area contributed by atoms with Crippen LogP contribution in [0.4, 0.5) is 5.69 Å². The predicted octanol–water partition coefficient (Wildman–Crippen LogP) is 4.86. The van der Waals surface area contributed by atoms with Crippen LogP contribution < -0.4 is 10.2 Å². The Balaban J connectivity index is 2.00. The van der Waals surface area contributed by atoms with Crippen molar-refractivity contribution in [2.75, 3.05) is 24.6 Å². The van der Waals surface area contributed by atoms with Crippen molar-refractivity contribution in [3.05, 3.63) is 64.2 Å². The molecule has 0 fully saturated rings. The minimum atomic E-state index is -0.254. The zero-order valence-corrected chi connectivity index (χ0v) is 18.6. The van der Waals surface area contributed by atoms with E-state index in [-0.39, 0.29) is 23.7 Å². The number of amides is 2. The SMILES string of the molecule is CCNCCOCc1cccc2c1C(=O)N(c1c(C(C)C)cccc1C(C)C)C2=O. The highest BCUT2D eigenvalue weighted by Crippen LogP contribution is 2.40. The number of fused-ring (bicyclic) bond motifs is 1. The molecule has 5 heteroatoms. The normalized spacial score (nSPS) is 13.6. The molecule has 0 unspecified atom stereocenters. The summed E-state index contributed by atoms with van der Waals surface area (Å²) in [4.78, 5) is 28.3. The molecular weight excluding hydrogens is 376 g/mol. The van der Waals surface area contributed by atoms with E-state index in [4.69, 9.17) is 4.74 Å². The Kier molecular flexibility index (Phi) is 7.06. The molecule has 2 amide bonds. The standard InChI is InChI=1S/C25H32N2O3/c1-6-26-13-14-30-15-18-9-7-12-21-22(18)25(29)27(24(21)28)23-19(16(2)3)10-8-11-20(23)17(4)5/h7-12,16-17,26H,6,13-15H2,1-5H3. The van der Waals surface area contributed by atoms with Crippen LogP contribution in [0.1, 0.15) is 83.9 Å². The molecule has 5 nitrogen and oxygen atoms in total. The first-order valence-electron chi connectivity index (χ1n) is 10.8. The van der Waals surface area contributed by atoms with Gasteiger partial charge in [-0.1, -0.05) is 65.0 Å². The van der Waals surface area contributed by atoms with Gasteiger partial charge in [0.25, 0.3) is 11.8 Å². The first-order valence-corrected chi connectivity index (χ1v) is 10.8. The summed E-state index contributed by atoms with van der Waals surface area (Å²) >= 11 is 0. The van der Waals surface area contributed by atoms with Crippen LogP contribution in [0.3, 0.4) is 0 Å². The number of anilines is 1. The Morgan fingerprint density at radius 2 is 1.57 bits per heavy atom. The number of likely N-dealkylation sites (N-methyl/N-ethyl adjacent to an activating group) is 1. The van der Waals surface area contributed by atoms with Gasteiger partial charge in [0.2, 0.25) is 0 Å². The third kappa shape index (κ3) is 4.18. The van der Waals surface area contributed by atoms with Crippen molar-refractivity contribution < 1.29 is 14.3 Å². The van der Waals surface area contributed by atoms with Gasteiger partial charge in [-0.25, -0.2) is 4.90 Å². The van der Waals surface area contributed by atoms with Crippen LogP contribution in [-0.2, 0) is 11.3 Å². The second-order valence-electron chi connectivity index (χ2n) is 8.29. The molecule has 2 aromatic rings.